The lowest BCUT2D eigenvalue weighted by molar-refractivity contribution is -0.113. The Hall–Kier alpha value is -2.40. The topological polar surface area (TPSA) is 53.8 Å². The Morgan fingerprint density at radius 1 is 1.00 bits per heavy atom. The van der Waals surface area contributed by atoms with Crippen LogP contribution in [-0.2, 0) is 4.79 Å². The number of hydrogen-bond acceptors (Lipinski definition) is 4. The summed E-state index contributed by atoms with van der Waals surface area (Å²) >= 11 is 1.49. The molecule has 5 heteroatoms. The molecule has 144 valence electrons. The molecule has 1 heterocycles. The second kappa shape index (κ2) is 8.31. The molecule has 0 unspecified atom stereocenters. The van der Waals surface area contributed by atoms with Crippen molar-refractivity contribution in [2.45, 2.75) is 44.7 Å². The van der Waals surface area contributed by atoms with E-state index in [4.69, 9.17) is 9.98 Å². The number of benzene rings is 2. The summed E-state index contributed by atoms with van der Waals surface area (Å²) in [7, 11) is 0. The molecule has 0 saturated heterocycles. The monoisotopic (exact) mass is 391 g/mol. The van der Waals surface area contributed by atoms with Gasteiger partial charge < -0.3 is 5.32 Å². The van der Waals surface area contributed by atoms with Gasteiger partial charge in [-0.1, -0.05) is 66.2 Å². The van der Waals surface area contributed by atoms with E-state index in [1.165, 1.54) is 36.6 Å². The zero-order valence-corrected chi connectivity index (χ0v) is 17.0. The first-order valence-electron chi connectivity index (χ1n) is 9.88. The van der Waals surface area contributed by atoms with Crippen molar-refractivity contribution in [1.82, 2.24) is 0 Å². The molecule has 1 N–H and O–H groups in total. The van der Waals surface area contributed by atoms with Crippen LogP contribution in [0.25, 0.3) is 0 Å². The van der Waals surface area contributed by atoms with Gasteiger partial charge in [-0.2, -0.15) is 0 Å². The third-order valence-corrected chi connectivity index (χ3v) is 6.17. The number of amides is 1. The van der Waals surface area contributed by atoms with Crippen molar-refractivity contribution in [2.75, 3.05) is 11.1 Å². The van der Waals surface area contributed by atoms with Crippen LogP contribution in [-0.4, -0.2) is 28.1 Å². The summed E-state index contributed by atoms with van der Waals surface area (Å²) in [5, 5.41) is 3.84. The highest BCUT2D eigenvalue weighted by Crippen LogP contribution is 2.38. The largest absolute Gasteiger partial charge is 0.325 e. The predicted octanol–water partition coefficient (Wildman–Crippen LogP) is 5.23. The van der Waals surface area contributed by atoms with Gasteiger partial charge in [0.05, 0.1) is 11.5 Å². The van der Waals surface area contributed by atoms with Crippen LogP contribution in [0.3, 0.4) is 0 Å². The smallest absolute Gasteiger partial charge is 0.234 e. The van der Waals surface area contributed by atoms with Gasteiger partial charge in [-0.3, -0.25) is 9.79 Å². The molecule has 0 aromatic heterocycles. The van der Waals surface area contributed by atoms with Crippen molar-refractivity contribution in [3.05, 3.63) is 65.7 Å². The van der Waals surface area contributed by atoms with Gasteiger partial charge in [0.15, 0.2) is 5.66 Å². The molecule has 0 atom stereocenters. The lowest BCUT2D eigenvalue weighted by Gasteiger charge is -2.27. The van der Waals surface area contributed by atoms with E-state index in [0.29, 0.717) is 5.75 Å². The summed E-state index contributed by atoms with van der Waals surface area (Å²) in [5.74, 6) is 0.307. The normalized spacial score (nSPS) is 17.9. The minimum Gasteiger partial charge on any atom is -0.325 e. The number of para-hydroxylation sites is 1. The van der Waals surface area contributed by atoms with Gasteiger partial charge in [-0.25, -0.2) is 4.99 Å². The number of carbonyl (C=O) groups is 1. The van der Waals surface area contributed by atoms with Crippen LogP contribution in [0, 0.1) is 6.92 Å². The molecule has 0 bridgehead atoms. The zero-order valence-electron chi connectivity index (χ0n) is 16.1. The fourth-order valence-electron chi connectivity index (χ4n) is 3.72. The number of thioether (sulfide) groups is 1. The number of rotatable bonds is 4. The van der Waals surface area contributed by atoms with Crippen LogP contribution in [0.4, 0.5) is 5.69 Å². The molecule has 1 spiro atoms. The molecule has 2 aliphatic rings. The van der Waals surface area contributed by atoms with Gasteiger partial charge >= 0.3 is 0 Å². The Morgan fingerprint density at radius 2 is 1.71 bits per heavy atom. The summed E-state index contributed by atoms with van der Waals surface area (Å²) in [5.41, 5.74) is 3.76. The lowest BCUT2D eigenvalue weighted by Crippen LogP contribution is -2.25. The first kappa shape index (κ1) is 18.9. The number of anilines is 1. The predicted molar refractivity (Wildman–Crippen MR) is 118 cm³/mol. The van der Waals surface area contributed by atoms with E-state index < -0.39 is 0 Å². The van der Waals surface area contributed by atoms with Gasteiger partial charge in [-0.15, -0.1) is 0 Å². The Balaban J connectivity index is 1.51. The number of hydrogen-bond donors (Lipinski definition) is 1. The summed E-state index contributed by atoms with van der Waals surface area (Å²) < 4.78 is 0. The molecule has 4 rings (SSSR count). The van der Waals surface area contributed by atoms with Crippen LogP contribution < -0.4 is 5.32 Å². The van der Waals surface area contributed by atoms with Crippen molar-refractivity contribution in [3.8, 4) is 0 Å². The molecule has 1 amide bonds. The Kier molecular flexibility index (Phi) is 5.62. The van der Waals surface area contributed by atoms with Gasteiger partial charge in [0.1, 0.15) is 5.04 Å². The lowest BCUT2D eigenvalue weighted by atomic mass is 9.90. The van der Waals surface area contributed by atoms with Crippen molar-refractivity contribution in [2.24, 2.45) is 9.98 Å². The van der Waals surface area contributed by atoms with Crippen LogP contribution in [0.15, 0.2) is 64.6 Å². The fourth-order valence-corrected chi connectivity index (χ4v) is 4.59. The number of nitrogens with zero attached hydrogens (tertiary/aromatic N) is 2. The summed E-state index contributed by atoms with van der Waals surface area (Å²) in [6.07, 6.45) is 5.60. The Morgan fingerprint density at radius 3 is 2.43 bits per heavy atom. The second-order valence-electron chi connectivity index (χ2n) is 7.49. The van der Waals surface area contributed by atoms with Gasteiger partial charge in [0, 0.05) is 11.3 Å². The third kappa shape index (κ3) is 4.36. The van der Waals surface area contributed by atoms with Crippen molar-refractivity contribution < 1.29 is 4.79 Å². The van der Waals surface area contributed by atoms with E-state index in [9.17, 15) is 4.79 Å². The SMILES string of the molecule is Cc1ccc(C2=NC3(CCCCC3)N=C2SCC(=O)Nc2ccccc2)cc1. The number of carbonyl (C=O) groups excluding carboxylic acids is 1. The average molecular weight is 392 g/mol. The molecular formula is C23H25N3OS. The van der Waals surface area contributed by atoms with Crippen LogP contribution in [0.5, 0.6) is 0 Å². The van der Waals surface area contributed by atoms with Crippen LogP contribution in [0.1, 0.15) is 43.2 Å². The van der Waals surface area contributed by atoms with Gasteiger partial charge in [0.2, 0.25) is 5.91 Å². The third-order valence-electron chi connectivity index (χ3n) is 5.21. The summed E-state index contributed by atoms with van der Waals surface area (Å²) in [6, 6.07) is 18.0. The van der Waals surface area contributed by atoms with E-state index in [-0.39, 0.29) is 11.6 Å². The summed E-state index contributed by atoms with van der Waals surface area (Å²) in [6.45, 7) is 2.08. The molecule has 2 aromatic carbocycles. The quantitative estimate of drug-likeness (QED) is 0.776. The maximum atomic E-state index is 12.4. The fraction of sp³-hybridized carbons (Fsp3) is 0.348. The van der Waals surface area contributed by atoms with E-state index >= 15 is 0 Å². The minimum atomic E-state index is -0.309. The Labute approximate surface area is 170 Å². The van der Waals surface area contributed by atoms with E-state index in [1.54, 1.807) is 0 Å². The molecule has 1 saturated carbocycles. The standard InChI is InChI=1S/C23H25N3OS/c1-17-10-12-18(13-11-17)21-22(26-23(25-21)14-6-3-7-15-23)28-16-20(27)24-19-8-4-2-5-9-19/h2,4-5,8-13H,3,6-7,14-16H2,1H3,(H,24,27). The zero-order chi connectivity index (χ0) is 19.4. The highest BCUT2D eigenvalue weighted by atomic mass is 32.2. The highest BCUT2D eigenvalue weighted by Gasteiger charge is 2.37. The molecule has 1 fully saturated rings. The van der Waals surface area contributed by atoms with Crippen molar-refractivity contribution >= 4 is 34.1 Å². The maximum Gasteiger partial charge on any atom is 0.234 e. The van der Waals surface area contributed by atoms with E-state index in [0.717, 1.165) is 34.8 Å². The van der Waals surface area contributed by atoms with Crippen LogP contribution in [0.2, 0.25) is 0 Å². The molecule has 1 aliphatic carbocycles. The molecule has 28 heavy (non-hydrogen) atoms. The first-order valence-corrected chi connectivity index (χ1v) is 10.9. The van der Waals surface area contributed by atoms with E-state index in [2.05, 4.69) is 36.5 Å². The molecule has 0 radical (unpaired) electrons. The molecular weight excluding hydrogens is 366 g/mol. The molecule has 4 nitrogen and oxygen atoms in total. The number of aryl methyl sites for hydroxylation is 1. The number of aliphatic imine (C=N–C) groups is 2. The van der Waals surface area contributed by atoms with Crippen LogP contribution >= 0.6 is 11.8 Å². The van der Waals surface area contributed by atoms with Gasteiger partial charge in [0.25, 0.3) is 0 Å². The minimum absolute atomic E-state index is 0.0215. The van der Waals surface area contributed by atoms with Gasteiger partial charge in [-0.05, 0) is 44.7 Å². The van der Waals surface area contributed by atoms with Crippen molar-refractivity contribution in [3.63, 3.8) is 0 Å². The highest BCUT2D eigenvalue weighted by molar-refractivity contribution is 8.16. The summed E-state index contributed by atoms with van der Waals surface area (Å²) in [4.78, 5) is 22.5. The Bertz CT molecular complexity index is 897. The second-order valence-corrected chi connectivity index (χ2v) is 8.45. The number of nitrogens with one attached hydrogen (secondary N) is 1. The molecule has 1 aliphatic heterocycles. The average Bonchev–Trinajstić information content (AvgIpc) is 3.06. The van der Waals surface area contributed by atoms with Crippen molar-refractivity contribution in [1.29, 1.82) is 0 Å². The molecule has 2 aromatic rings. The maximum absolute atomic E-state index is 12.4. The van der Waals surface area contributed by atoms with E-state index in [1.807, 2.05) is 30.3 Å². The first-order chi connectivity index (χ1) is 13.6.